The maximum Gasteiger partial charge on any atom is 0.146 e. The summed E-state index contributed by atoms with van der Waals surface area (Å²) in [6, 6.07) is 5.34. The largest absolute Gasteiger partial charge is 0.497 e. The Labute approximate surface area is 123 Å². The fraction of sp³-hybridized carbons (Fsp3) is 0.429. The van der Waals surface area contributed by atoms with Gasteiger partial charge in [-0.2, -0.15) is 0 Å². The van der Waals surface area contributed by atoms with E-state index in [1.165, 1.54) is 0 Å². The average Bonchev–Trinajstić information content (AvgIpc) is 2.91. The molecule has 114 valence electrons. The molecule has 0 saturated carbocycles. The van der Waals surface area contributed by atoms with E-state index in [4.69, 9.17) is 9.47 Å². The van der Waals surface area contributed by atoms with Gasteiger partial charge in [-0.3, -0.25) is 0 Å². The number of aliphatic hydroxyl groups is 1. The number of benzene rings is 1. The quantitative estimate of drug-likeness (QED) is 0.780. The van der Waals surface area contributed by atoms with Crippen LogP contribution in [-0.4, -0.2) is 40.6 Å². The Bertz CT molecular complexity index is 585. The number of ether oxygens (including phenoxy) is 2. The molecule has 1 aromatic heterocycles. The van der Waals surface area contributed by atoms with Crippen molar-refractivity contribution in [2.24, 2.45) is 7.05 Å². The van der Waals surface area contributed by atoms with Crippen molar-refractivity contribution in [3.63, 3.8) is 0 Å². The van der Waals surface area contributed by atoms with Crippen LogP contribution in [0.4, 0.5) is 0 Å². The number of rotatable bonds is 7. The number of nitrogens with one attached hydrogen (secondary N) is 1. The zero-order valence-corrected chi connectivity index (χ0v) is 12.4. The monoisotopic (exact) mass is 292 g/mol. The normalized spacial score (nSPS) is 12.2. The first-order valence-electron chi connectivity index (χ1n) is 6.59. The lowest BCUT2D eigenvalue weighted by Gasteiger charge is -2.16. The minimum Gasteiger partial charge on any atom is -0.497 e. The summed E-state index contributed by atoms with van der Waals surface area (Å²) in [5, 5.41) is 21.2. The third-order valence-corrected chi connectivity index (χ3v) is 3.22. The third-order valence-electron chi connectivity index (χ3n) is 3.22. The van der Waals surface area contributed by atoms with Crippen LogP contribution in [0.25, 0.3) is 0 Å². The molecule has 1 atom stereocenters. The summed E-state index contributed by atoms with van der Waals surface area (Å²) in [5.41, 5.74) is 0.683. The summed E-state index contributed by atoms with van der Waals surface area (Å²) >= 11 is 0. The summed E-state index contributed by atoms with van der Waals surface area (Å²) in [6.45, 7) is 0.899. The second-order valence-corrected chi connectivity index (χ2v) is 4.61. The van der Waals surface area contributed by atoms with Gasteiger partial charge >= 0.3 is 0 Å². The molecule has 0 aliphatic heterocycles. The van der Waals surface area contributed by atoms with E-state index in [9.17, 15) is 5.11 Å². The Morgan fingerprint density at radius 3 is 2.76 bits per heavy atom. The van der Waals surface area contributed by atoms with E-state index in [2.05, 4.69) is 15.5 Å². The highest BCUT2D eigenvalue weighted by Crippen LogP contribution is 2.29. The van der Waals surface area contributed by atoms with Crippen LogP contribution in [0.5, 0.6) is 11.5 Å². The zero-order valence-electron chi connectivity index (χ0n) is 12.4. The number of nitrogens with zero attached hydrogens (tertiary/aromatic N) is 3. The molecule has 7 heteroatoms. The average molecular weight is 292 g/mol. The lowest BCUT2D eigenvalue weighted by atomic mass is 10.1. The van der Waals surface area contributed by atoms with E-state index in [1.54, 1.807) is 38.7 Å². The van der Waals surface area contributed by atoms with E-state index in [1.807, 2.05) is 11.6 Å². The molecule has 1 heterocycles. The summed E-state index contributed by atoms with van der Waals surface area (Å²) in [7, 11) is 5.04. The molecule has 0 bridgehead atoms. The molecule has 0 fully saturated rings. The highest BCUT2D eigenvalue weighted by molar-refractivity contribution is 5.41. The highest BCUT2D eigenvalue weighted by Gasteiger charge is 2.14. The first-order chi connectivity index (χ1) is 10.2. The minimum absolute atomic E-state index is 0.371. The predicted molar refractivity (Wildman–Crippen MR) is 77.2 cm³/mol. The molecule has 2 rings (SSSR count). The Morgan fingerprint density at radius 1 is 1.33 bits per heavy atom. The summed E-state index contributed by atoms with van der Waals surface area (Å²) < 4.78 is 12.3. The maximum absolute atomic E-state index is 10.3. The highest BCUT2D eigenvalue weighted by atomic mass is 16.5. The van der Waals surface area contributed by atoms with Gasteiger partial charge in [0, 0.05) is 19.2 Å². The molecule has 0 radical (unpaired) electrons. The van der Waals surface area contributed by atoms with Crippen molar-refractivity contribution >= 4 is 0 Å². The second kappa shape index (κ2) is 7.05. The van der Waals surface area contributed by atoms with Crippen molar-refractivity contribution in [2.75, 3.05) is 20.8 Å². The van der Waals surface area contributed by atoms with Crippen LogP contribution in [0, 0.1) is 0 Å². The summed E-state index contributed by atoms with van der Waals surface area (Å²) in [4.78, 5) is 0. The van der Waals surface area contributed by atoms with Crippen molar-refractivity contribution in [1.29, 1.82) is 0 Å². The van der Waals surface area contributed by atoms with Crippen LogP contribution in [0.3, 0.4) is 0 Å². The van der Waals surface area contributed by atoms with Crippen LogP contribution >= 0.6 is 0 Å². The van der Waals surface area contributed by atoms with Crippen molar-refractivity contribution in [2.45, 2.75) is 12.6 Å². The van der Waals surface area contributed by atoms with Crippen molar-refractivity contribution in [3.05, 3.63) is 35.9 Å². The third kappa shape index (κ3) is 3.71. The Balaban J connectivity index is 1.99. The van der Waals surface area contributed by atoms with E-state index < -0.39 is 6.10 Å². The van der Waals surface area contributed by atoms with Gasteiger partial charge in [0.25, 0.3) is 0 Å². The number of aliphatic hydroxyl groups excluding tert-OH is 1. The van der Waals surface area contributed by atoms with Gasteiger partial charge in [-0.15, -0.1) is 10.2 Å². The second-order valence-electron chi connectivity index (χ2n) is 4.61. The zero-order chi connectivity index (χ0) is 15.2. The molecular weight excluding hydrogens is 272 g/mol. The van der Waals surface area contributed by atoms with Crippen LogP contribution in [-0.2, 0) is 13.6 Å². The summed E-state index contributed by atoms with van der Waals surface area (Å²) in [6.07, 6.45) is 0.932. The van der Waals surface area contributed by atoms with Crippen LogP contribution in [0.2, 0.25) is 0 Å². The van der Waals surface area contributed by atoms with E-state index in [0.29, 0.717) is 30.2 Å². The van der Waals surface area contributed by atoms with Gasteiger partial charge in [0.1, 0.15) is 23.7 Å². The predicted octanol–water partition coefficient (Wildman–Crippen LogP) is 0.655. The van der Waals surface area contributed by atoms with Crippen LogP contribution in [0.1, 0.15) is 17.5 Å². The molecule has 2 N–H and O–H groups in total. The van der Waals surface area contributed by atoms with E-state index in [-0.39, 0.29) is 0 Å². The number of hydrogen-bond donors (Lipinski definition) is 2. The smallest absolute Gasteiger partial charge is 0.146 e. The summed E-state index contributed by atoms with van der Waals surface area (Å²) in [5.74, 6) is 2.11. The number of aromatic nitrogens is 3. The molecule has 21 heavy (non-hydrogen) atoms. The molecule has 0 amide bonds. The van der Waals surface area contributed by atoms with Gasteiger partial charge in [-0.1, -0.05) is 0 Å². The topological polar surface area (TPSA) is 81.4 Å². The van der Waals surface area contributed by atoms with Crippen molar-refractivity contribution < 1.29 is 14.6 Å². The molecule has 1 unspecified atom stereocenters. The van der Waals surface area contributed by atoms with Gasteiger partial charge < -0.3 is 24.5 Å². The molecule has 0 spiro atoms. The standard InChI is InChI=1S/C14H20N4O3/c1-18-9-16-17-14(18)8-15-7-12(19)11-6-10(20-2)4-5-13(11)21-3/h4-6,9,12,15,19H,7-8H2,1-3H3. The van der Waals surface area contributed by atoms with Gasteiger partial charge in [0.05, 0.1) is 26.9 Å². The Morgan fingerprint density at radius 2 is 2.14 bits per heavy atom. The fourth-order valence-corrected chi connectivity index (χ4v) is 2.00. The minimum atomic E-state index is -0.705. The van der Waals surface area contributed by atoms with Crippen molar-refractivity contribution in [3.8, 4) is 11.5 Å². The van der Waals surface area contributed by atoms with Crippen molar-refractivity contribution in [1.82, 2.24) is 20.1 Å². The van der Waals surface area contributed by atoms with Crippen LogP contribution < -0.4 is 14.8 Å². The van der Waals surface area contributed by atoms with Gasteiger partial charge in [0.15, 0.2) is 0 Å². The molecule has 0 saturated heterocycles. The van der Waals surface area contributed by atoms with Crippen LogP contribution in [0.15, 0.2) is 24.5 Å². The van der Waals surface area contributed by atoms with E-state index in [0.717, 1.165) is 5.82 Å². The first-order valence-corrected chi connectivity index (χ1v) is 6.59. The fourth-order valence-electron chi connectivity index (χ4n) is 2.00. The maximum atomic E-state index is 10.3. The van der Waals surface area contributed by atoms with Gasteiger partial charge in [-0.05, 0) is 18.2 Å². The molecular formula is C14H20N4O3. The number of hydrogen-bond acceptors (Lipinski definition) is 6. The Hall–Kier alpha value is -2.12. The lowest BCUT2D eigenvalue weighted by molar-refractivity contribution is 0.169. The SMILES string of the molecule is COc1ccc(OC)c(C(O)CNCc2nncn2C)c1. The molecule has 7 nitrogen and oxygen atoms in total. The first kappa shape index (κ1) is 15.3. The molecule has 0 aliphatic rings. The van der Waals surface area contributed by atoms with Gasteiger partial charge in [-0.25, -0.2) is 0 Å². The molecule has 0 aliphatic carbocycles. The lowest BCUT2D eigenvalue weighted by Crippen LogP contribution is -2.23. The number of aryl methyl sites for hydroxylation is 1. The molecule has 1 aromatic carbocycles. The molecule has 2 aromatic rings. The Kier molecular flexibility index (Phi) is 5.13. The van der Waals surface area contributed by atoms with E-state index >= 15 is 0 Å². The van der Waals surface area contributed by atoms with Gasteiger partial charge in [0.2, 0.25) is 0 Å². The number of methoxy groups -OCH3 is 2.